The highest BCUT2D eigenvalue weighted by atomic mass is 16.5. The minimum absolute atomic E-state index is 0.665. The quantitative estimate of drug-likeness (QED) is 0.836. The maximum absolute atomic E-state index is 5.20. The summed E-state index contributed by atoms with van der Waals surface area (Å²) in [6, 6.07) is 10.6. The lowest BCUT2D eigenvalue weighted by Gasteiger charge is -2.05. The number of hydrogen-bond donors (Lipinski definition) is 1. The van der Waals surface area contributed by atoms with Crippen molar-refractivity contribution in [3.63, 3.8) is 0 Å². The fourth-order valence-electron chi connectivity index (χ4n) is 2.14. The molecule has 0 aliphatic heterocycles. The summed E-state index contributed by atoms with van der Waals surface area (Å²) < 4.78 is 5.20. The predicted octanol–water partition coefficient (Wildman–Crippen LogP) is 3.25. The summed E-state index contributed by atoms with van der Waals surface area (Å²) in [6.45, 7) is 2.81. The van der Waals surface area contributed by atoms with Crippen molar-refractivity contribution >= 4 is 0 Å². The molecule has 0 saturated heterocycles. The average molecular weight is 229 g/mol. The van der Waals surface area contributed by atoms with Gasteiger partial charge < -0.3 is 9.72 Å². The first-order valence-electron chi connectivity index (χ1n) is 6.00. The van der Waals surface area contributed by atoms with E-state index < -0.39 is 0 Å². The number of H-pyrrole nitrogens is 1. The third-order valence-electron chi connectivity index (χ3n) is 3.10. The van der Waals surface area contributed by atoms with Crippen molar-refractivity contribution in [3.8, 4) is 0 Å². The Morgan fingerprint density at radius 1 is 1.12 bits per heavy atom. The highest BCUT2D eigenvalue weighted by Gasteiger charge is 2.07. The van der Waals surface area contributed by atoms with E-state index in [-0.39, 0.29) is 0 Å². The first kappa shape index (κ1) is 11.9. The molecule has 2 nitrogen and oxygen atoms in total. The molecular formula is C15H19NO. The fourth-order valence-corrected chi connectivity index (χ4v) is 2.14. The molecule has 0 aliphatic rings. The molecule has 0 atom stereocenters. The molecule has 17 heavy (non-hydrogen) atoms. The van der Waals surface area contributed by atoms with Crippen LogP contribution in [0.15, 0.2) is 36.5 Å². The molecule has 0 unspecified atom stereocenters. The SMILES string of the molecule is COCc1[nH]cc(C)c1CCc1ccccc1. The molecule has 0 amide bonds. The number of hydrogen-bond acceptors (Lipinski definition) is 1. The Kier molecular flexibility index (Phi) is 3.99. The van der Waals surface area contributed by atoms with E-state index in [1.165, 1.54) is 22.4 Å². The third-order valence-corrected chi connectivity index (χ3v) is 3.10. The molecule has 0 saturated carbocycles. The van der Waals surface area contributed by atoms with Crippen LogP contribution in [0.5, 0.6) is 0 Å². The smallest absolute Gasteiger partial charge is 0.0864 e. The van der Waals surface area contributed by atoms with E-state index in [1.807, 2.05) is 0 Å². The van der Waals surface area contributed by atoms with E-state index in [0.717, 1.165) is 12.8 Å². The van der Waals surface area contributed by atoms with Gasteiger partial charge in [-0.15, -0.1) is 0 Å². The van der Waals surface area contributed by atoms with E-state index in [4.69, 9.17) is 4.74 Å². The van der Waals surface area contributed by atoms with Crippen LogP contribution in [-0.4, -0.2) is 12.1 Å². The summed E-state index contributed by atoms with van der Waals surface area (Å²) in [4.78, 5) is 3.29. The molecule has 2 heteroatoms. The standard InChI is InChI=1S/C15H19NO/c1-12-10-16-15(11-17-2)14(12)9-8-13-6-4-3-5-7-13/h3-7,10,16H,8-9,11H2,1-2H3. The van der Waals surface area contributed by atoms with Gasteiger partial charge in [0, 0.05) is 19.0 Å². The molecule has 0 spiro atoms. The van der Waals surface area contributed by atoms with Crippen LogP contribution in [0.1, 0.15) is 22.4 Å². The van der Waals surface area contributed by atoms with Gasteiger partial charge in [0.1, 0.15) is 0 Å². The van der Waals surface area contributed by atoms with Crippen molar-refractivity contribution in [1.82, 2.24) is 4.98 Å². The Hall–Kier alpha value is -1.54. The van der Waals surface area contributed by atoms with Gasteiger partial charge in [0.15, 0.2) is 0 Å². The summed E-state index contributed by atoms with van der Waals surface area (Å²) in [6.07, 6.45) is 4.21. The molecule has 2 rings (SSSR count). The maximum atomic E-state index is 5.20. The van der Waals surface area contributed by atoms with Gasteiger partial charge in [-0.1, -0.05) is 30.3 Å². The molecule has 1 aromatic carbocycles. The van der Waals surface area contributed by atoms with E-state index in [0.29, 0.717) is 6.61 Å². The van der Waals surface area contributed by atoms with Gasteiger partial charge in [-0.3, -0.25) is 0 Å². The normalized spacial score (nSPS) is 10.7. The van der Waals surface area contributed by atoms with Gasteiger partial charge in [-0.25, -0.2) is 0 Å². The van der Waals surface area contributed by atoms with Gasteiger partial charge in [0.25, 0.3) is 0 Å². The largest absolute Gasteiger partial charge is 0.378 e. The number of rotatable bonds is 5. The van der Waals surface area contributed by atoms with Crippen LogP contribution >= 0.6 is 0 Å². The average Bonchev–Trinajstić information content (AvgIpc) is 2.70. The summed E-state index contributed by atoms with van der Waals surface area (Å²) >= 11 is 0. The number of benzene rings is 1. The highest BCUT2D eigenvalue weighted by Crippen LogP contribution is 2.17. The van der Waals surface area contributed by atoms with Gasteiger partial charge >= 0.3 is 0 Å². The second-order valence-corrected chi connectivity index (χ2v) is 4.35. The Bertz CT molecular complexity index is 459. The maximum Gasteiger partial charge on any atom is 0.0864 e. The van der Waals surface area contributed by atoms with Gasteiger partial charge in [0.05, 0.1) is 6.61 Å². The monoisotopic (exact) mass is 229 g/mol. The van der Waals surface area contributed by atoms with Gasteiger partial charge in [-0.2, -0.15) is 0 Å². The number of aromatic nitrogens is 1. The van der Waals surface area contributed by atoms with Crippen LogP contribution in [0.4, 0.5) is 0 Å². The Balaban J connectivity index is 2.06. The van der Waals surface area contributed by atoms with Gasteiger partial charge in [-0.05, 0) is 36.5 Å². The Labute approximate surface area is 103 Å². The van der Waals surface area contributed by atoms with Crippen LogP contribution < -0.4 is 0 Å². The first-order valence-corrected chi connectivity index (χ1v) is 6.00. The highest BCUT2D eigenvalue weighted by molar-refractivity contribution is 5.31. The van der Waals surface area contributed by atoms with E-state index in [1.54, 1.807) is 7.11 Å². The van der Waals surface area contributed by atoms with Crippen molar-refractivity contribution in [2.45, 2.75) is 26.4 Å². The van der Waals surface area contributed by atoms with E-state index in [2.05, 4.69) is 48.4 Å². The lowest BCUT2D eigenvalue weighted by Crippen LogP contribution is -1.98. The van der Waals surface area contributed by atoms with Crippen LogP contribution in [0.3, 0.4) is 0 Å². The fraction of sp³-hybridized carbons (Fsp3) is 0.333. The first-order chi connectivity index (χ1) is 8.31. The minimum Gasteiger partial charge on any atom is -0.378 e. The summed E-state index contributed by atoms with van der Waals surface area (Å²) in [5, 5.41) is 0. The van der Waals surface area contributed by atoms with Crippen LogP contribution in [0.2, 0.25) is 0 Å². The molecule has 90 valence electrons. The molecule has 1 heterocycles. The Morgan fingerprint density at radius 2 is 1.88 bits per heavy atom. The topological polar surface area (TPSA) is 25.0 Å². The molecule has 1 N–H and O–H groups in total. The minimum atomic E-state index is 0.665. The number of aromatic amines is 1. The molecule has 0 aliphatic carbocycles. The van der Waals surface area contributed by atoms with Crippen LogP contribution in [-0.2, 0) is 24.2 Å². The van der Waals surface area contributed by atoms with E-state index >= 15 is 0 Å². The second-order valence-electron chi connectivity index (χ2n) is 4.35. The summed E-state index contributed by atoms with van der Waals surface area (Å²) in [5.74, 6) is 0. The van der Waals surface area contributed by atoms with Crippen molar-refractivity contribution in [1.29, 1.82) is 0 Å². The molecular weight excluding hydrogens is 210 g/mol. The molecule has 0 bridgehead atoms. The lowest BCUT2D eigenvalue weighted by molar-refractivity contribution is 0.181. The lowest BCUT2D eigenvalue weighted by atomic mass is 10.0. The third kappa shape index (κ3) is 2.98. The van der Waals surface area contributed by atoms with Crippen molar-refractivity contribution < 1.29 is 4.74 Å². The van der Waals surface area contributed by atoms with Crippen molar-refractivity contribution in [3.05, 3.63) is 58.9 Å². The predicted molar refractivity (Wildman–Crippen MR) is 70.1 cm³/mol. The van der Waals surface area contributed by atoms with Crippen molar-refractivity contribution in [2.75, 3.05) is 7.11 Å². The van der Waals surface area contributed by atoms with Gasteiger partial charge in [0.2, 0.25) is 0 Å². The number of ether oxygens (including phenoxy) is 1. The molecule has 2 aromatic rings. The van der Waals surface area contributed by atoms with Crippen molar-refractivity contribution in [2.24, 2.45) is 0 Å². The molecule has 1 aromatic heterocycles. The Morgan fingerprint density at radius 3 is 2.59 bits per heavy atom. The summed E-state index contributed by atoms with van der Waals surface area (Å²) in [5.41, 5.74) is 5.32. The number of aryl methyl sites for hydroxylation is 2. The number of methoxy groups -OCH3 is 1. The molecule has 0 fully saturated rings. The van der Waals surface area contributed by atoms with Crippen LogP contribution in [0.25, 0.3) is 0 Å². The zero-order valence-corrected chi connectivity index (χ0v) is 10.5. The zero-order chi connectivity index (χ0) is 12.1. The second kappa shape index (κ2) is 5.69. The number of nitrogens with one attached hydrogen (secondary N) is 1. The molecule has 0 radical (unpaired) electrons. The van der Waals surface area contributed by atoms with E-state index in [9.17, 15) is 0 Å². The zero-order valence-electron chi connectivity index (χ0n) is 10.5. The summed E-state index contributed by atoms with van der Waals surface area (Å²) in [7, 11) is 1.73. The van der Waals surface area contributed by atoms with Crippen LogP contribution in [0, 0.1) is 6.92 Å².